The van der Waals surface area contributed by atoms with Crippen molar-refractivity contribution in [2.45, 2.75) is 25.9 Å². The maximum atomic E-state index is 5.48. The zero-order valence-electron chi connectivity index (χ0n) is 9.24. The van der Waals surface area contributed by atoms with Crippen molar-refractivity contribution >= 4 is 0 Å². The standard InChI is InChI=1S/C13H18O2/c1-11-4-6-12(7-5-11)3-2-8-14-9-13-10-15-13/h4-7,13H,2-3,8-10H2,1H3. The first-order valence-electron chi connectivity index (χ1n) is 5.59. The van der Waals surface area contributed by atoms with E-state index in [9.17, 15) is 0 Å². The predicted molar refractivity (Wildman–Crippen MR) is 60.1 cm³/mol. The van der Waals surface area contributed by atoms with Gasteiger partial charge in [0.2, 0.25) is 0 Å². The van der Waals surface area contributed by atoms with Crippen molar-refractivity contribution in [3.8, 4) is 0 Å². The fourth-order valence-corrected chi connectivity index (χ4v) is 1.51. The van der Waals surface area contributed by atoms with Crippen molar-refractivity contribution in [1.82, 2.24) is 0 Å². The SMILES string of the molecule is Cc1ccc(CCCOCC2CO2)cc1. The van der Waals surface area contributed by atoms with Gasteiger partial charge in [0, 0.05) is 6.61 Å². The van der Waals surface area contributed by atoms with Gasteiger partial charge in [-0.05, 0) is 25.3 Å². The molecular weight excluding hydrogens is 188 g/mol. The van der Waals surface area contributed by atoms with Gasteiger partial charge in [0.05, 0.1) is 13.2 Å². The minimum Gasteiger partial charge on any atom is -0.379 e. The molecule has 1 atom stereocenters. The average Bonchev–Trinajstić information content (AvgIpc) is 3.04. The van der Waals surface area contributed by atoms with Crippen LogP contribution in [0.3, 0.4) is 0 Å². The summed E-state index contributed by atoms with van der Waals surface area (Å²) >= 11 is 0. The summed E-state index contributed by atoms with van der Waals surface area (Å²) in [5.74, 6) is 0. The molecular formula is C13H18O2. The highest BCUT2D eigenvalue weighted by Gasteiger charge is 2.21. The Balaban J connectivity index is 1.58. The van der Waals surface area contributed by atoms with Gasteiger partial charge in [-0.3, -0.25) is 0 Å². The van der Waals surface area contributed by atoms with Gasteiger partial charge in [-0.15, -0.1) is 0 Å². The molecule has 0 saturated carbocycles. The average molecular weight is 206 g/mol. The molecule has 0 bridgehead atoms. The Morgan fingerprint density at radius 1 is 1.33 bits per heavy atom. The Morgan fingerprint density at radius 2 is 2.07 bits per heavy atom. The van der Waals surface area contributed by atoms with E-state index in [1.807, 2.05) is 0 Å². The van der Waals surface area contributed by atoms with Crippen LogP contribution in [0.15, 0.2) is 24.3 Å². The molecule has 2 nitrogen and oxygen atoms in total. The first-order valence-corrected chi connectivity index (χ1v) is 5.59. The van der Waals surface area contributed by atoms with Crippen LogP contribution in [-0.2, 0) is 15.9 Å². The molecule has 0 radical (unpaired) electrons. The molecule has 0 spiro atoms. The normalized spacial score (nSPS) is 19.1. The summed E-state index contributed by atoms with van der Waals surface area (Å²) in [4.78, 5) is 0. The van der Waals surface area contributed by atoms with Crippen molar-refractivity contribution in [2.75, 3.05) is 19.8 Å². The molecule has 1 aromatic rings. The fourth-order valence-electron chi connectivity index (χ4n) is 1.51. The van der Waals surface area contributed by atoms with Gasteiger partial charge in [0.25, 0.3) is 0 Å². The lowest BCUT2D eigenvalue weighted by Gasteiger charge is -2.03. The fraction of sp³-hybridized carbons (Fsp3) is 0.538. The Kier molecular flexibility index (Phi) is 3.75. The second-order valence-electron chi connectivity index (χ2n) is 4.12. The summed E-state index contributed by atoms with van der Waals surface area (Å²) in [5.41, 5.74) is 2.72. The Bertz CT molecular complexity index is 288. The van der Waals surface area contributed by atoms with E-state index in [2.05, 4.69) is 31.2 Å². The van der Waals surface area contributed by atoms with E-state index in [4.69, 9.17) is 9.47 Å². The minimum atomic E-state index is 0.393. The summed E-state index contributed by atoms with van der Waals surface area (Å²) in [6.45, 7) is 4.61. The van der Waals surface area contributed by atoms with Crippen LogP contribution >= 0.6 is 0 Å². The van der Waals surface area contributed by atoms with Crippen LogP contribution in [0, 0.1) is 6.92 Å². The lowest BCUT2D eigenvalue weighted by molar-refractivity contribution is 0.114. The van der Waals surface area contributed by atoms with Crippen LogP contribution in [0.5, 0.6) is 0 Å². The topological polar surface area (TPSA) is 21.8 Å². The number of benzene rings is 1. The number of ether oxygens (including phenoxy) is 2. The van der Waals surface area contributed by atoms with Gasteiger partial charge in [-0.25, -0.2) is 0 Å². The molecule has 0 amide bonds. The summed E-state index contributed by atoms with van der Waals surface area (Å²) in [6, 6.07) is 8.71. The number of hydrogen-bond acceptors (Lipinski definition) is 2. The second kappa shape index (κ2) is 5.29. The smallest absolute Gasteiger partial charge is 0.104 e. The minimum absolute atomic E-state index is 0.393. The molecule has 0 aliphatic carbocycles. The van der Waals surface area contributed by atoms with Crippen LogP contribution < -0.4 is 0 Å². The molecule has 1 fully saturated rings. The van der Waals surface area contributed by atoms with Crippen molar-refractivity contribution in [3.63, 3.8) is 0 Å². The molecule has 82 valence electrons. The van der Waals surface area contributed by atoms with Crippen molar-refractivity contribution in [2.24, 2.45) is 0 Å². The quantitative estimate of drug-likeness (QED) is 0.526. The molecule has 2 heteroatoms. The van der Waals surface area contributed by atoms with E-state index in [1.54, 1.807) is 0 Å². The number of aryl methyl sites for hydroxylation is 2. The van der Waals surface area contributed by atoms with Crippen LogP contribution in [0.1, 0.15) is 17.5 Å². The highest BCUT2D eigenvalue weighted by molar-refractivity contribution is 5.21. The van der Waals surface area contributed by atoms with Gasteiger partial charge in [-0.2, -0.15) is 0 Å². The second-order valence-corrected chi connectivity index (χ2v) is 4.12. The van der Waals surface area contributed by atoms with Gasteiger partial charge in [-0.1, -0.05) is 29.8 Å². The zero-order valence-corrected chi connectivity index (χ0v) is 9.24. The first kappa shape index (κ1) is 10.7. The van der Waals surface area contributed by atoms with E-state index in [1.165, 1.54) is 11.1 Å². The third-order valence-electron chi connectivity index (χ3n) is 2.58. The van der Waals surface area contributed by atoms with Crippen molar-refractivity contribution < 1.29 is 9.47 Å². The number of hydrogen-bond donors (Lipinski definition) is 0. The van der Waals surface area contributed by atoms with Gasteiger partial charge < -0.3 is 9.47 Å². The first-order chi connectivity index (χ1) is 7.34. The molecule has 1 saturated heterocycles. The third-order valence-corrected chi connectivity index (χ3v) is 2.58. The Morgan fingerprint density at radius 3 is 2.73 bits per heavy atom. The molecule has 1 aliphatic heterocycles. The summed E-state index contributed by atoms with van der Waals surface area (Å²) in [6.07, 6.45) is 2.59. The highest BCUT2D eigenvalue weighted by atomic mass is 16.6. The summed E-state index contributed by atoms with van der Waals surface area (Å²) < 4.78 is 10.5. The van der Waals surface area contributed by atoms with Gasteiger partial charge in [0.15, 0.2) is 0 Å². The molecule has 2 rings (SSSR count). The monoisotopic (exact) mass is 206 g/mol. The molecule has 1 unspecified atom stereocenters. The molecule has 0 N–H and O–H groups in total. The number of epoxide rings is 1. The predicted octanol–water partition coefficient (Wildman–Crippen LogP) is 2.34. The Labute approximate surface area is 91.2 Å². The zero-order chi connectivity index (χ0) is 10.5. The number of rotatable bonds is 6. The molecule has 1 aromatic carbocycles. The van der Waals surface area contributed by atoms with E-state index in [-0.39, 0.29) is 0 Å². The molecule has 1 heterocycles. The maximum absolute atomic E-state index is 5.48. The molecule has 15 heavy (non-hydrogen) atoms. The van der Waals surface area contributed by atoms with Crippen molar-refractivity contribution in [3.05, 3.63) is 35.4 Å². The third kappa shape index (κ3) is 4.02. The van der Waals surface area contributed by atoms with E-state index in [0.29, 0.717) is 6.10 Å². The molecule has 0 aromatic heterocycles. The van der Waals surface area contributed by atoms with E-state index in [0.717, 1.165) is 32.7 Å². The van der Waals surface area contributed by atoms with E-state index < -0.39 is 0 Å². The molecule has 1 aliphatic rings. The van der Waals surface area contributed by atoms with E-state index >= 15 is 0 Å². The lowest BCUT2D eigenvalue weighted by Crippen LogP contribution is -2.03. The van der Waals surface area contributed by atoms with Crippen LogP contribution in [0.4, 0.5) is 0 Å². The van der Waals surface area contributed by atoms with Crippen LogP contribution in [-0.4, -0.2) is 25.9 Å². The largest absolute Gasteiger partial charge is 0.379 e. The Hall–Kier alpha value is -0.860. The van der Waals surface area contributed by atoms with Gasteiger partial charge in [0.1, 0.15) is 6.10 Å². The summed E-state index contributed by atoms with van der Waals surface area (Å²) in [7, 11) is 0. The van der Waals surface area contributed by atoms with Gasteiger partial charge >= 0.3 is 0 Å². The van der Waals surface area contributed by atoms with Crippen LogP contribution in [0.2, 0.25) is 0 Å². The summed E-state index contributed by atoms with van der Waals surface area (Å²) in [5, 5.41) is 0. The maximum Gasteiger partial charge on any atom is 0.104 e. The van der Waals surface area contributed by atoms with Crippen molar-refractivity contribution in [1.29, 1.82) is 0 Å². The highest BCUT2D eigenvalue weighted by Crippen LogP contribution is 2.09. The lowest BCUT2D eigenvalue weighted by atomic mass is 10.1. The van der Waals surface area contributed by atoms with Crippen LogP contribution in [0.25, 0.3) is 0 Å².